The number of hydrogen-bond donors (Lipinski definition) is 0. The standard InChI is InChI=1S/C20H29N3O/c1-21(2)18-8-5-17(6-9-18)7-10-20(24)23-15-11-19(12-16-23)22-13-3-4-14-22/h5-10,19H,3-4,11-16H2,1-2H3/b10-7+. The van der Waals surface area contributed by atoms with Gasteiger partial charge < -0.3 is 14.7 Å². The molecule has 130 valence electrons. The van der Waals surface area contributed by atoms with Gasteiger partial charge in [0.1, 0.15) is 0 Å². The molecule has 0 bridgehead atoms. The fraction of sp³-hybridized carbons (Fsp3) is 0.550. The third kappa shape index (κ3) is 4.18. The molecule has 24 heavy (non-hydrogen) atoms. The molecule has 4 heteroatoms. The van der Waals surface area contributed by atoms with E-state index in [1.54, 1.807) is 6.08 Å². The fourth-order valence-corrected chi connectivity index (χ4v) is 3.71. The van der Waals surface area contributed by atoms with Crippen molar-refractivity contribution in [3.8, 4) is 0 Å². The summed E-state index contributed by atoms with van der Waals surface area (Å²) in [4.78, 5) is 19.1. The molecule has 1 aromatic carbocycles. The minimum Gasteiger partial charge on any atom is -0.378 e. The van der Waals surface area contributed by atoms with Crippen LogP contribution in [0.5, 0.6) is 0 Å². The topological polar surface area (TPSA) is 26.8 Å². The first-order chi connectivity index (χ1) is 11.6. The highest BCUT2D eigenvalue weighted by Crippen LogP contribution is 2.21. The van der Waals surface area contributed by atoms with E-state index in [1.165, 1.54) is 31.6 Å². The normalized spacial score (nSPS) is 20.0. The number of amides is 1. The SMILES string of the molecule is CN(C)c1ccc(/C=C/C(=O)N2CCC(N3CCCC3)CC2)cc1. The monoisotopic (exact) mass is 327 g/mol. The van der Waals surface area contributed by atoms with E-state index >= 15 is 0 Å². The van der Waals surface area contributed by atoms with E-state index in [2.05, 4.69) is 34.1 Å². The highest BCUT2D eigenvalue weighted by atomic mass is 16.2. The van der Waals surface area contributed by atoms with E-state index in [0.717, 1.165) is 31.5 Å². The number of rotatable bonds is 4. The molecule has 2 saturated heterocycles. The predicted octanol–water partition coefficient (Wildman–Crippen LogP) is 2.85. The Morgan fingerprint density at radius 1 is 1.04 bits per heavy atom. The Balaban J connectivity index is 1.50. The summed E-state index contributed by atoms with van der Waals surface area (Å²) in [6.45, 7) is 4.29. The van der Waals surface area contributed by atoms with Crippen LogP contribution in [0.1, 0.15) is 31.2 Å². The Kier molecular flexibility index (Phi) is 5.56. The van der Waals surface area contributed by atoms with Gasteiger partial charge in [0.15, 0.2) is 0 Å². The van der Waals surface area contributed by atoms with Crippen LogP contribution < -0.4 is 4.90 Å². The lowest BCUT2D eigenvalue weighted by atomic mass is 10.0. The lowest BCUT2D eigenvalue weighted by Gasteiger charge is -2.36. The van der Waals surface area contributed by atoms with E-state index in [4.69, 9.17) is 0 Å². The first kappa shape index (κ1) is 17.0. The lowest BCUT2D eigenvalue weighted by molar-refractivity contribution is -0.127. The second kappa shape index (κ2) is 7.84. The van der Waals surface area contributed by atoms with Gasteiger partial charge in [0, 0.05) is 45.0 Å². The molecular weight excluding hydrogens is 298 g/mol. The summed E-state index contributed by atoms with van der Waals surface area (Å²) in [5, 5.41) is 0. The smallest absolute Gasteiger partial charge is 0.246 e. The Morgan fingerprint density at radius 2 is 1.67 bits per heavy atom. The van der Waals surface area contributed by atoms with E-state index < -0.39 is 0 Å². The fourth-order valence-electron chi connectivity index (χ4n) is 3.71. The number of anilines is 1. The van der Waals surface area contributed by atoms with Crippen LogP contribution >= 0.6 is 0 Å². The van der Waals surface area contributed by atoms with Gasteiger partial charge in [-0.3, -0.25) is 4.79 Å². The van der Waals surface area contributed by atoms with Crippen LogP contribution in [0.25, 0.3) is 6.08 Å². The van der Waals surface area contributed by atoms with Crippen molar-refractivity contribution in [2.24, 2.45) is 0 Å². The van der Waals surface area contributed by atoms with Crippen LogP contribution in [0, 0.1) is 0 Å². The first-order valence-corrected chi connectivity index (χ1v) is 9.12. The molecular formula is C20H29N3O. The largest absolute Gasteiger partial charge is 0.378 e. The van der Waals surface area contributed by atoms with Crippen molar-refractivity contribution < 1.29 is 4.79 Å². The molecule has 0 N–H and O–H groups in total. The number of piperidine rings is 1. The highest BCUT2D eigenvalue weighted by Gasteiger charge is 2.27. The maximum atomic E-state index is 12.4. The van der Waals surface area contributed by atoms with Gasteiger partial charge in [0.25, 0.3) is 0 Å². The van der Waals surface area contributed by atoms with Crippen molar-refractivity contribution in [3.05, 3.63) is 35.9 Å². The van der Waals surface area contributed by atoms with Crippen molar-refractivity contribution in [3.63, 3.8) is 0 Å². The molecule has 4 nitrogen and oxygen atoms in total. The van der Waals surface area contributed by atoms with Gasteiger partial charge >= 0.3 is 0 Å². The molecule has 3 rings (SSSR count). The summed E-state index contributed by atoms with van der Waals surface area (Å²) < 4.78 is 0. The van der Waals surface area contributed by atoms with Crippen molar-refractivity contribution in [1.82, 2.24) is 9.80 Å². The average molecular weight is 327 g/mol. The van der Waals surface area contributed by atoms with Crippen LogP contribution in [0.3, 0.4) is 0 Å². The van der Waals surface area contributed by atoms with Crippen molar-refractivity contribution in [2.45, 2.75) is 31.7 Å². The van der Waals surface area contributed by atoms with Crippen LogP contribution in [0.15, 0.2) is 30.3 Å². The Morgan fingerprint density at radius 3 is 2.25 bits per heavy atom. The predicted molar refractivity (Wildman–Crippen MR) is 100 cm³/mol. The lowest BCUT2D eigenvalue weighted by Crippen LogP contribution is -2.45. The minimum atomic E-state index is 0.145. The van der Waals surface area contributed by atoms with Gasteiger partial charge in [0.2, 0.25) is 5.91 Å². The number of benzene rings is 1. The molecule has 2 heterocycles. The van der Waals surface area contributed by atoms with Gasteiger partial charge in [0.05, 0.1) is 0 Å². The Bertz CT molecular complexity index is 565. The van der Waals surface area contributed by atoms with Crippen molar-refractivity contribution in [1.29, 1.82) is 0 Å². The van der Waals surface area contributed by atoms with Crippen LogP contribution in [-0.4, -0.2) is 62.0 Å². The summed E-state index contributed by atoms with van der Waals surface area (Å²) in [6, 6.07) is 8.95. The Labute approximate surface area is 145 Å². The van der Waals surface area contributed by atoms with Crippen LogP contribution in [0.4, 0.5) is 5.69 Å². The van der Waals surface area contributed by atoms with E-state index in [-0.39, 0.29) is 5.91 Å². The summed E-state index contributed by atoms with van der Waals surface area (Å²) in [5.41, 5.74) is 2.24. The third-order valence-electron chi connectivity index (χ3n) is 5.26. The molecule has 0 unspecified atom stereocenters. The number of carbonyl (C=O) groups excluding carboxylic acids is 1. The zero-order chi connectivity index (χ0) is 16.9. The molecule has 2 fully saturated rings. The number of hydrogen-bond acceptors (Lipinski definition) is 3. The summed E-state index contributed by atoms with van der Waals surface area (Å²) in [7, 11) is 4.06. The second-order valence-corrected chi connectivity index (χ2v) is 7.12. The van der Waals surface area contributed by atoms with E-state index in [9.17, 15) is 4.79 Å². The first-order valence-electron chi connectivity index (χ1n) is 9.12. The maximum Gasteiger partial charge on any atom is 0.246 e. The summed E-state index contributed by atoms with van der Waals surface area (Å²) >= 11 is 0. The van der Waals surface area contributed by atoms with Gasteiger partial charge in [-0.25, -0.2) is 0 Å². The molecule has 0 spiro atoms. The minimum absolute atomic E-state index is 0.145. The molecule has 1 amide bonds. The van der Waals surface area contributed by atoms with Gasteiger partial charge in [-0.2, -0.15) is 0 Å². The third-order valence-corrected chi connectivity index (χ3v) is 5.26. The van der Waals surface area contributed by atoms with Gasteiger partial charge in [-0.15, -0.1) is 0 Å². The van der Waals surface area contributed by atoms with Crippen molar-refractivity contribution >= 4 is 17.7 Å². The molecule has 0 atom stereocenters. The van der Waals surface area contributed by atoms with Crippen molar-refractivity contribution in [2.75, 3.05) is 45.2 Å². The molecule has 1 aromatic rings. The zero-order valence-electron chi connectivity index (χ0n) is 14.9. The molecule has 0 saturated carbocycles. The molecule has 0 radical (unpaired) electrons. The summed E-state index contributed by atoms with van der Waals surface area (Å²) in [6.07, 6.45) is 8.58. The van der Waals surface area contributed by atoms with E-state index in [1.807, 2.05) is 25.1 Å². The second-order valence-electron chi connectivity index (χ2n) is 7.12. The van der Waals surface area contributed by atoms with Gasteiger partial charge in [-0.1, -0.05) is 12.1 Å². The number of carbonyl (C=O) groups is 1. The molecule has 0 aliphatic carbocycles. The number of likely N-dealkylation sites (tertiary alicyclic amines) is 2. The molecule has 2 aliphatic heterocycles. The van der Waals surface area contributed by atoms with E-state index in [0.29, 0.717) is 6.04 Å². The Hall–Kier alpha value is -1.81. The zero-order valence-corrected chi connectivity index (χ0v) is 14.9. The maximum absolute atomic E-state index is 12.4. The quantitative estimate of drug-likeness (QED) is 0.796. The molecule has 2 aliphatic rings. The van der Waals surface area contributed by atoms with Crippen LogP contribution in [-0.2, 0) is 4.79 Å². The van der Waals surface area contributed by atoms with Crippen LogP contribution in [0.2, 0.25) is 0 Å². The summed E-state index contributed by atoms with van der Waals surface area (Å²) in [5.74, 6) is 0.145. The average Bonchev–Trinajstić information content (AvgIpc) is 3.15. The highest BCUT2D eigenvalue weighted by molar-refractivity contribution is 5.91. The molecule has 0 aromatic heterocycles. The van der Waals surface area contributed by atoms with Gasteiger partial charge in [-0.05, 0) is 62.5 Å². The number of nitrogens with zero attached hydrogens (tertiary/aromatic N) is 3.